The second-order valence-electron chi connectivity index (χ2n) is 13.6. The number of nitrogens with one attached hydrogen (secondary N) is 2. The molecule has 2 amide bonds. The number of phenols is 5. The van der Waals surface area contributed by atoms with Gasteiger partial charge < -0.3 is 36.2 Å². The van der Waals surface area contributed by atoms with Crippen LogP contribution in [0.4, 0.5) is 0 Å². The molecule has 0 saturated carbocycles. The molecule has 9 nitrogen and oxygen atoms in total. The number of carbonyl (C=O) groups is 2. The number of aromatic hydroxyl groups is 5. The van der Waals surface area contributed by atoms with Gasteiger partial charge in [0.2, 0.25) is 0 Å². The quantitative estimate of drug-likeness (QED) is 0.0750. The topological polar surface area (TPSA) is 159 Å². The normalized spacial score (nSPS) is 12.5. The smallest absolute Gasteiger partial charge is 0.255 e. The summed E-state index contributed by atoms with van der Waals surface area (Å²) in [6, 6.07) is 25.3. The van der Waals surface area contributed by atoms with Crippen LogP contribution in [0.25, 0.3) is 32.7 Å². The molecule has 0 aliphatic heterocycles. The first-order valence-electron chi connectivity index (χ1n) is 17.2. The number of fused-ring (bicyclic) bond motifs is 2. The molecule has 266 valence electrons. The first kappa shape index (κ1) is 35.6. The summed E-state index contributed by atoms with van der Waals surface area (Å²) in [4.78, 5) is 27.2. The van der Waals surface area contributed by atoms with Crippen molar-refractivity contribution in [3.05, 3.63) is 124 Å². The highest BCUT2D eigenvalue weighted by Crippen LogP contribution is 2.50. The third kappa shape index (κ3) is 6.41. The van der Waals surface area contributed by atoms with E-state index in [1.165, 1.54) is 12.1 Å². The highest BCUT2D eigenvalue weighted by Gasteiger charge is 2.27. The summed E-state index contributed by atoms with van der Waals surface area (Å²) in [6.45, 7) is 9.64. The molecule has 0 aliphatic rings. The molecule has 0 saturated heterocycles. The van der Waals surface area contributed by atoms with Gasteiger partial charge in [0.1, 0.15) is 17.2 Å². The molecule has 2 atom stereocenters. The van der Waals surface area contributed by atoms with E-state index in [0.717, 1.165) is 11.1 Å². The van der Waals surface area contributed by atoms with Gasteiger partial charge in [0.25, 0.3) is 11.8 Å². The number of benzene rings is 6. The van der Waals surface area contributed by atoms with Crippen LogP contribution >= 0.6 is 0 Å². The SMILES string of the molecule is Cc1cc2c(C(=O)NCC(C)c3ccccc3)c(C)c(O)cc2c(O)c1-c1c(C)cc2c(C(=O)NCC(C)c3ccccc3)c(O)c(O)cc2c1O. The maximum absolute atomic E-state index is 13.7. The Morgan fingerprint density at radius 3 is 1.40 bits per heavy atom. The first-order chi connectivity index (χ1) is 24.8. The zero-order valence-corrected chi connectivity index (χ0v) is 29.7. The second kappa shape index (κ2) is 14.2. The van der Waals surface area contributed by atoms with Crippen molar-refractivity contribution in [2.45, 2.75) is 46.5 Å². The Labute approximate surface area is 301 Å². The molecule has 52 heavy (non-hydrogen) atoms. The standard InChI is InChI=1S/C43H42N2O7/c1-22-16-29-31(18-33(46)26(5)37(29)42(51)44-20-24(3)27-12-8-6-9-13-27)39(48)35(22)36-23(2)17-30-32(40(36)49)19-34(47)41(50)38(30)43(52)45-21-25(4)28-14-10-7-11-15-28/h6-19,24-25,46-50H,20-21H2,1-5H3,(H,44,51)(H,45,52). The van der Waals surface area contributed by atoms with Crippen LogP contribution in [0.5, 0.6) is 28.7 Å². The zero-order valence-electron chi connectivity index (χ0n) is 29.7. The second-order valence-corrected chi connectivity index (χ2v) is 13.6. The number of amides is 2. The van der Waals surface area contributed by atoms with E-state index in [4.69, 9.17) is 0 Å². The van der Waals surface area contributed by atoms with Gasteiger partial charge in [-0.15, -0.1) is 0 Å². The van der Waals surface area contributed by atoms with Crippen molar-refractivity contribution in [2.75, 3.05) is 13.1 Å². The van der Waals surface area contributed by atoms with Crippen molar-refractivity contribution < 1.29 is 35.1 Å². The van der Waals surface area contributed by atoms with E-state index in [9.17, 15) is 35.1 Å². The monoisotopic (exact) mass is 698 g/mol. The minimum absolute atomic E-state index is 0.0282. The number of aryl methyl sites for hydroxylation is 2. The van der Waals surface area contributed by atoms with E-state index in [1.54, 1.807) is 32.9 Å². The number of phenolic OH excluding ortho intramolecular Hbond substituents is 5. The van der Waals surface area contributed by atoms with Gasteiger partial charge in [-0.1, -0.05) is 74.5 Å². The molecule has 0 aliphatic carbocycles. The van der Waals surface area contributed by atoms with Gasteiger partial charge in [0.15, 0.2) is 11.5 Å². The fraction of sp³-hybridized carbons (Fsp3) is 0.209. The number of hydrogen-bond acceptors (Lipinski definition) is 7. The van der Waals surface area contributed by atoms with E-state index < -0.39 is 23.3 Å². The van der Waals surface area contributed by atoms with Crippen molar-refractivity contribution in [2.24, 2.45) is 0 Å². The Morgan fingerprint density at radius 2 is 0.942 bits per heavy atom. The minimum Gasteiger partial charge on any atom is -0.508 e. The highest BCUT2D eigenvalue weighted by molar-refractivity contribution is 6.15. The largest absolute Gasteiger partial charge is 0.508 e. The zero-order chi connectivity index (χ0) is 37.4. The number of carbonyl (C=O) groups excluding carboxylic acids is 2. The Hall–Kier alpha value is -6.22. The number of rotatable bonds is 9. The summed E-state index contributed by atoms with van der Waals surface area (Å²) >= 11 is 0. The van der Waals surface area contributed by atoms with Gasteiger partial charge in [0, 0.05) is 45.9 Å². The molecule has 0 aromatic heterocycles. The van der Waals surface area contributed by atoms with Crippen LogP contribution < -0.4 is 10.6 Å². The first-order valence-corrected chi connectivity index (χ1v) is 17.2. The van der Waals surface area contributed by atoms with Crippen molar-refractivity contribution in [1.29, 1.82) is 0 Å². The lowest BCUT2D eigenvalue weighted by atomic mass is 9.86. The highest BCUT2D eigenvalue weighted by atomic mass is 16.3. The van der Waals surface area contributed by atoms with Gasteiger partial charge in [-0.2, -0.15) is 0 Å². The molecular weight excluding hydrogens is 656 g/mol. The van der Waals surface area contributed by atoms with E-state index in [1.807, 2.05) is 74.5 Å². The average molecular weight is 699 g/mol. The molecular formula is C43H42N2O7. The van der Waals surface area contributed by atoms with Crippen molar-refractivity contribution in [3.8, 4) is 39.9 Å². The Kier molecular flexibility index (Phi) is 9.71. The van der Waals surface area contributed by atoms with E-state index in [-0.39, 0.29) is 74.0 Å². The van der Waals surface area contributed by atoms with Gasteiger partial charge in [-0.05, 0) is 84.5 Å². The summed E-state index contributed by atoms with van der Waals surface area (Å²) in [6.07, 6.45) is 0. The van der Waals surface area contributed by atoms with Crippen LogP contribution in [0.2, 0.25) is 0 Å². The van der Waals surface area contributed by atoms with Crippen LogP contribution in [0.3, 0.4) is 0 Å². The molecule has 7 N–H and O–H groups in total. The van der Waals surface area contributed by atoms with Gasteiger partial charge >= 0.3 is 0 Å². The molecule has 0 spiro atoms. The molecule has 0 radical (unpaired) electrons. The van der Waals surface area contributed by atoms with Crippen molar-refractivity contribution in [1.82, 2.24) is 10.6 Å². The predicted octanol–water partition coefficient (Wildman–Crippen LogP) is 8.18. The predicted molar refractivity (Wildman–Crippen MR) is 204 cm³/mol. The van der Waals surface area contributed by atoms with Gasteiger partial charge in [-0.3, -0.25) is 9.59 Å². The van der Waals surface area contributed by atoms with Crippen LogP contribution in [0.1, 0.15) is 74.2 Å². The summed E-state index contributed by atoms with van der Waals surface area (Å²) in [7, 11) is 0. The lowest BCUT2D eigenvalue weighted by molar-refractivity contribution is 0.0943. The summed E-state index contributed by atoms with van der Waals surface area (Å²) in [5, 5.41) is 62.9. The fourth-order valence-corrected chi connectivity index (χ4v) is 6.99. The van der Waals surface area contributed by atoms with Crippen LogP contribution in [0, 0.1) is 20.8 Å². The molecule has 2 unspecified atom stereocenters. The van der Waals surface area contributed by atoms with Gasteiger partial charge in [0.05, 0.1) is 11.1 Å². The molecule has 6 rings (SSSR count). The number of hydrogen-bond donors (Lipinski definition) is 7. The summed E-state index contributed by atoms with van der Waals surface area (Å²) < 4.78 is 0. The third-order valence-corrected chi connectivity index (χ3v) is 9.99. The third-order valence-electron chi connectivity index (χ3n) is 9.99. The minimum atomic E-state index is -0.632. The van der Waals surface area contributed by atoms with Crippen molar-refractivity contribution >= 4 is 33.4 Å². The Bertz CT molecular complexity index is 2190. The Balaban J connectivity index is 1.41. The molecule has 0 fully saturated rings. The molecule has 0 heterocycles. The fourth-order valence-electron chi connectivity index (χ4n) is 6.99. The maximum atomic E-state index is 13.7. The van der Waals surface area contributed by atoms with Crippen LogP contribution in [-0.4, -0.2) is 50.4 Å². The van der Waals surface area contributed by atoms with Crippen molar-refractivity contribution in [3.63, 3.8) is 0 Å². The molecule has 6 aromatic carbocycles. The van der Waals surface area contributed by atoms with E-state index in [2.05, 4.69) is 10.6 Å². The molecule has 0 bridgehead atoms. The summed E-state index contributed by atoms with van der Waals surface area (Å²) in [5.74, 6) is -3.06. The maximum Gasteiger partial charge on any atom is 0.255 e. The average Bonchev–Trinajstić information content (AvgIpc) is 3.13. The lowest BCUT2D eigenvalue weighted by Crippen LogP contribution is -2.28. The van der Waals surface area contributed by atoms with Crippen LogP contribution in [0.15, 0.2) is 84.9 Å². The van der Waals surface area contributed by atoms with E-state index >= 15 is 0 Å². The van der Waals surface area contributed by atoms with E-state index in [0.29, 0.717) is 28.6 Å². The van der Waals surface area contributed by atoms with Crippen LogP contribution in [-0.2, 0) is 0 Å². The van der Waals surface area contributed by atoms with Gasteiger partial charge in [-0.25, -0.2) is 0 Å². The molecule has 6 aromatic rings. The lowest BCUT2D eigenvalue weighted by Gasteiger charge is -2.21. The molecule has 9 heteroatoms. The Morgan fingerprint density at radius 1 is 0.538 bits per heavy atom. The summed E-state index contributed by atoms with van der Waals surface area (Å²) in [5.41, 5.74) is 3.92.